The van der Waals surface area contributed by atoms with Gasteiger partial charge < -0.3 is 29.4 Å². The molecule has 2 N–H and O–H groups in total. The summed E-state index contributed by atoms with van der Waals surface area (Å²) in [6.07, 6.45) is 3.80. The second kappa shape index (κ2) is 9.33. The maximum atomic E-state index is 13.0. The molecule has 3 aliphatic rings. The molecule has 3 fully saturated rings. The van der Waals surface area contributed by atoms with E-state index in [0.29, 0.717) is 65.1 Å². The lowest BCUT2D eigenvalue weighted by Gasteiger charge is -2.37. The fraction of sp³-hybridized carbons (Fsp3) is 0.500. The summed E-state index contributed by atoms with van der Waals surface area (Å²) < 4.78 is 23.8. The number of aromatic amines is 1. The van der Waals surface area contributed by atoms with Crippen molar-refractivity contribution < 1.29 is 23.8 Å². The molecule has 1 saturated carbocycles. The molecule has 36 heavy (non-hydrogen) atoms. The molecule has 0 aromatic carbocycles. The molecular formula is C26H30FN5O4. The number of anilines is 1. The van der Waals surface area contributed by atoms with Gasteiger partial charge in [0.15, 0.2) is 0 Å². The molecule has 190 valence electrons. The Bertz CT molecular complexity index is 1230. The average molecular weight is 496 g/mol. The first-order valence-electron chi connectivity index (χ1n) is 12.6. The van der Waals surface area contributed by atoms with E-state index in [9.17, 15) is 14.3 Å². The monoisotopic (exact) mass is 495 g/mol. The number of ether oxygens (including phenoxy) is 2. The maximum absolute atomic E-state index is 13.0. The van der Waals surface area contributed by atoms with Gasteiger partial charge in [0.25, 0.3) is 0 Å². The highest BCUT2D eigenvalue weighted by atomic mass is 19.1. The molecule has 0 unspecified atom stereocenters. The average Bonchev–Trinajstić information content (AvgIpc) is 3.33. The third-order valence-electron chi connectivity index (χ3n) is 7.59. The van der Waals surface area contributed by atoms with E-state index in [4.69, 9.17) is 9.47 Å². The zero-order valence-corrected chi connectivity index (χ0v) is 20.0. The summed E-state index contributed by atoms with van der Waals surface area (Å²) in [4.78, 5) is 28.8. The van der Waals surface area contributed by atoms with Gasteiger partial charge in [-0.05, 0) is 18.2 Å². The second-order valence-electron chi connectivity index (χ2n) is 9.90. The fourth-order valence-electron chi connectivity index (χ4n) is 5.20. The van der Waals surface area contributed by atoms with Gasteiger partial charge in [0.05, 0.1) is 17.0 Å². The normalized spacial score (nSPS) is 23.9. The maximum Gasteiger partial charge on any atom is 0.410 e. The van der Waals surface area contributed by atoms with Gasteiger partial charge in [0.1, 0.15) is 17.9 Å². The number of aromatic nitrogens is 3. The van der Waals surface area contributed by atoms with E-state index >= 15 is 0 Å². The number of halogens is 1. The first kappa shape index (κ1) is 23.2. The summed E-state index contributed by atoms with van der Waals surface area (Å²) in [5.41, 5.74) is 3.36. The number of aliphatic hydroxyl groups is 1. The van der Waals surface area contributed by atoms with Gasteiger partial charge >= 0.3 is 6.09 Å². The molecule has 0 bridgehead atoms. The zero-order valence-electron chi connectivity index (χ0n) is 20.0. The van der Waals surface area contributed by atoms with Crippen LogP contribution < -0.4 is 4.90 Å². The predicted octanol–water partition coefficient (Wildman–Crippen LogP) is 3.38. The van der Waals surface area contributed by atoms with Crippen LogP contribution in [-0.4, -0.2) is 82.7 Å². The van der Waals surface area contributed by atoms with Crippen LogP contribution in [0.2, 0.25) is 0 Å². The number of hydrogen-bond acceptors (Lipinski definition) is 7. The lowest BCUT2D eigenvalue weighted by Crippen LogP contribution is -2.50. The smallest absolute Gasteiger partial charge is 0.410 e. The summed E-state index contributed by atoms with van der Waals surface area (Å²) >= 11 is 0. The molecule has 10 heteroatoms. The van der Waals surface area contributed by atoms with Gasteiger partial charge in [-0.2, -0.15) is 0 Å². The van der Waals surface area contributed by atoms with Crippen LogP contribution in [-0.2, 0) is 15.1 Å². The molecule has 3 aromatic rings. The van der Waals surface area contributed by atoms with Gasteiger partial charge in [-0.1, -0.05) is 6.07 Å². The first-order chi connectivity index (χ1) is 17.5. The van der Waals surface area contributed by atoms with E-state index in [1.807, 2.05) is 24.3 Å². The van der Waals surface area contributed by atoms with Gasteiger partial charge in [-0.15, -0.1) is 0 Å². The van der Waals surface area contributed by atoms with Crippen molar-refractivity contribution in [1.29, 1.82) is 0 Å². The molecule has 0 spiro atoms. The standard InChI is InChI=1S/C26H30FN5O4/c27-18-13-19(14-18)36-25(33)32-9-7-31(8-10-32)23-3-6-28-24-20(23)15-22(30-24)21-2-1-17(16-29-21)26(34)4-11-35-12-5-26/h1-3,6,15-16,18-19,34H,4-5,7-14H2,(H,28,30)/t18-,19-. The molecule has 3 aromatic heterocycles. The topological polar surface area (TPSA) is 104 Å². The number of pyridine rings is 2. The number of carbonyl (C=O) groups excluding carboxylic acids is 1. The summed E-state index contributed by atoms with van der Waals surface area (Å²) in [5, 5.41) is 11.9. The van der Waals surface area contributed by atoms with E-state index in [-0.39, 0.29) is 12.2 Å². The molecular weight excluding hydrogens is 465 g/mol. The Morgan fingerprint density at radius 3 is 2.61 bits per heavy atom. The van der Waals surface area contributed by atoms with Crippen LogP contribution in [0.5, 0.6) is 0 Å². The van der Waals surface area contributed by atoms with Crippen molar-refractivity contribution in [3.8, 4) is 11.4 Å². The number of nitrogens with zero attached hydrogens (tertiary/aromatic N) is 4. The quantitative estimate of drug-likeness (QED) is 0.572. The van der Waals surface area contributed by atoms with Gasteiger partial charge in [0.2, 0.25) is 0 Å². The lowest BCUT2D eigenvalue weighted by molar-refractivity contribution is -0.0681. The Labute approximate surface area is 208 Å². The number of carbonyl (C=O) groups is 1. The number of alkyl halides is 1. The van der Waals surface area contributed by atoms with Gasteiger partial charge in [0, 0.05) is 94.1 Å². The Kier molecular flexibility index (Phi) is 6.00. The first-order valence-corrected chi connectivity index (χ1v) is 12.6. The number of rotatable bonds is 4. The van der Waals surface area contributed by atoms with E-state index in [2.05, 4.69) is 19.9 Å². The van der Waals surface area contributed by atoms with Crippen molar-refractivity contribution in [2.24, 2.45) is 0 Å². The molecule has 1 amide bonds. The lowest BCUT2D eigenvalue weighted by atomic mass is 9.87. The van der Waals surface area contributed by atoms with Crippen molar-refractivity contribution in [1.82, 2.24) is 19.9 Å². The van der Waals surface area contributed by atoms with E-state index < -0.39 is 11.8 Å². The number of piperazine rings is 1. The molecule has 2 saturated heterocycles. The van der Waals surface area contributed by atoms with Crippen molar-refractivity contribution in [2.45, 2.75) is 43.6 Å². The number of H-pyrrole nitrogens is 1. The minimum atomic E-state index is -0.888. The Morgan fingerprint density at radius 2 is 1.92 bits per heavy atom. The Morgan fingerprint density at radius 1 is 1.14 bits per heavy atom. The highest BCUT2D eigenvalue weighted by molar-refractivity contribution is 5.93. The number of amides is 1. The summed E-state index contributed by atoms with van der Waals surface area (Å²) in [7, 11) is 0. The van der Waals surface area contributed by atoms with Crippen LogP contribution in [0.3, 0.4) is 0 Å². The molecule has 5 heterocycles. The largest absolute Gasteiger partial charge is 0.446 e. The third kappa shape index (κ3) is 4.39. The highest BCUT2D eigenvalue weighted by Gasteiger charge is 2.34. The number of fused-ring (bicyclic) bond motifs is 1. The van der Waals surface area contributed by atoms with Gasteiger partial charge in [-0.25, -0.2) is 14.2 Å². The van der Waals surface area contributed by atoms with Crippen LogP contribution in [0.1, 0.15) is 31.2 Å². The van der Waals surface area contributed by atoms with Crippen LogP contribution in [0, 0.1) is 0 Å². The third-order valence-corrected chi connectivity index (χ3v) is 7.59. The fourth-order valence-corrected chi connectivity index (χ4v) is 5.20. The van der Waals surface area contributed by atoms with Gasteiger partial charge in [-0.3, -0.25) is 4.98 Å². The molecule has 1 aliphatic carbocycles. The summed E-state index contributed by atoms with van der Waals surface area (Å²) in [5.74, 6) is 0. The number of nitrogens with one attached hydrogen (secondary N) is 1. The Balaban J connectivity index is 1.15. The van der Waals surface area contributed by atoms with E-state index in [0.717, 1.165) is 33.7 Å². The van der Waals surface area contributed by atoms with E-state index in [1.165, 1.54) is 0 Å². The molecule has 9 nitrogen and oxygen atoms in total. The minimum Gasteiger partial charge on any atom is -0.446 e. The van der Waals surface area contributed by atoms with Crippen LogP contribution >= 0.6 is 0 Å². The van der Waals surface area contributed by atoms with Crippen molar-refractivity contribution in [2.75, 3.05) is 44.3 Å². The summed E-state index contributed by atoms with van der Waals surface area (Å²) in [6.45, 7) is 3.51. The zero-order chi connectivity index (χ0) is 24.7. The van der Waals surface area contributed by atoms with Crippen molar-refractivity contribution in [3.63, 3.8) is 0 Å². The van der Waals surface area contributed by atoms with Crippen LogP contribution in [0.15, 0.2) is 36.7 Å². The molecule has 2 aliphatic heterocycles. The SMILES string of the molecule is O=C(O[C@H]1C[C@H](F)C1)N1CCN(c2ccnc3[nH]c(-c4ccc(C5(O)CCOCC5)cn4)cc23)CC1. The molecule has 6 rings (SSSR count). The summed E-state index contributed by atoms with van der Waals surface area (Å²) in [6, 6.07) is 7.89. The van der Waals surface area contributed by atoms with Crippen LogP contribution in [0.25, 0.3) is 22.4 Å². The minimum absolute atomic E-state index is 0.286. The highest BCUT2D eigenvalue weighted by Crippen LogP contribution is 2.34. The van der Waals surface area contributed by atoms with Crippen LogP contribution in [0.4, 0.5) is 14.9 Å². The second-order valence-corrected chi connectivity index (χ2v) is 9.90. The van der Waals surface area contributed by atoms with Crippen molar-refractivity contribution >= 4 is 22.8 Å². The molecule has 0 atom stereocenters. The Hall–Kier alpha value is -3.24. The number of hydrogen-bond donors (Lipinski definition) is 2. The predicted molar refractivity (Wildman–Crippen MR) is 131 cm³/mol. The van der Waals surface area contributed by atoms with Crippen molar-refractivity contribution in [3.05, 3.63) is 42.2 Å². The van der Waals surface area contributed by atoms with E-state index in [1.54, 1.807) is 17.3 Å². The molecule has 0 radical (unpaired) electrons.